The quantitative estimate of drug-likeness (QED) is 0.740. The molecule has 0 unspecified atom stereocenters. The van der Waals surface area contributed by atoms with Gasteiger partial charge in [0, 0.05) is 11.8 Å². The molecule has 0 fully saturated rings. The van der Waals surface area contributed by atoms with Crippen LogP contribution < -0.4 is 0 Å². The van der Waals surface area contributed by atoms with Crippen molar-refractivity contribution in [3.63, 3.8) is 0 Å². The topological polar surface area (TPSA) is 84.0 Å². The van der Waals surface area contributed by atoms with E-state index in [0.717, 1.165) is 22.3 Å². The summed E-state index contributed by atoms with van der Waals surface area (Å²) < 4.78 is 1.42. The Hall–Kier alpha value is -3.02. The Bertz CT molecular complexity index is 934. The minimum atomic E-state index is -1.07. The Morgan fingerprint density at radius 1 is 1.17 bits per heavy atom. The first kappa shape index (κ1) is 14.9. The van der Waals surface area contributed by atoms with Crippen molar-refractivity contribution in [1.82, 2.24) is 9.38 Å². The smallest absolute Gasteiger partial charge is 0.337 e. The standard InChI is InChI=1S/C17H15N3O3/c1-9-6-10(2)14(11(3)7-9)15-16(19-23)20-8-12(17(21)22)4-5-13(20)18-15/h4-8H,1-3H3,(H,21,22). The molecule has 0 saturated carbocycles. The lowest BCUT2D eigenvalue weighted by atomic mass is 9.97. The van der Waals surface area contributed by atoms with Crippen molar-refractivity contribution < 1.29 is 9.90 Å². The van der Waals surface area contributed by atoms with Gasteiger partial charge in [-0.15, -0.1) is 4.91 Å². The Morgan fingerprint density at radius 2 is 1.83 bits per heavy atom. The molecule has 3 aromatic rings. The molecule has 0 bridgehead atoms. The molecule has 23 heavy (non-hydrogen) atoms. The lowest BCUT2D eigenvalue weighted by Crippen LogP contribution is -1.98. The highest BCUT2D eigenvalue weighted by Gasteiger charge is 2.19. The van der Waals surface area contributed by atoms with E-state index in [9.17, 15) is 9.70 Å². The SMILES string of the molecule is Cc1cc(C)c(-c2nc3ccc(C(=O)O)cn3c2N=O)c(C)c1. The molecule has 0 aliphatic rings. The van der Waals surface area contributed by atoms with Crippen molar-refractivity contribution in [3.8, 4) is 11.3 Å². The molecule has 0 amide bonds. The second-order valence-electron chi connectivity index (χ2n) is 5.60. The van der Waals surface area contributed by atoms with Crippen molar-refractivity contribution in [2.24, 2.45) is 5.18 Å². The van der Waals surface area contributed by atoms with Gasteiger partial charge in [0.2, 0.25) is 5.82 Å². The molecule has 3 rings (SSSR count). The van der Waals surface area contributed by atoms with Crippen LogP contribution in [0.25, 0.3) is 16.9 Å². The minimum Gasteiger partial charge on any atom is -0.478 e. The Labute approximate surface area is 132 Å². The molecule has 0 aliphatic carbocycles. The van der Waals surface area contributed by atoms with Crippen LogP contribution in [0.5, 0.6) is 0 Å². The highest BCUT2D eigenvalue weighted by Crippen LogP contribution is 2.35. The van der Waals surface area contributed by atoms with Crippen LogP contribution in [0.4, 0.5) is 5.82 Å². The van der Waals surface area contributed by atoms with Gasteiger partial charge in [-0.25, -0.2) is 9.78 Å². The molecule has 1 aromatic carbocycles. The van der Waals surface area contributed by atoms with Gasteiger partial charge in [0.1, 0.15) is 11.3 Å². The number of nitrogens with zero attached hydrogens (tertiary/aromatic N) is 3. The number of hydrogen-bond donors (Lipinski definition) is 1. The van der Waals surface area contributed by atoms with Crippen LogP contribution in [0.3, 0.4) is 0 Å². The zero-order chi connectivity index (χ0) is 16.7. The number of fused-ring (bicyclic) bond motifs is 1. The number of pyridine rings is 1. The predicted octanol–water partition coefficient (Wildman–Crippen LogP) is 4.02. The molecule has 6 nitrogen and oxygen atoms in total. The molecule has 0 radical (unpaired) electrons. The molecule has 0 aliphatic heterocycles. The molecule has 0 spiro atoms. The van der Waals surface area contributed by atoms with Gasteiger partial charge in [0.15, 0.2) is 0 Å². The molecule has 2 heterocycles. The Morgan fingerprint density at radius 3 is 2.39 bits per heavy atom. The summed E-state index contributed by atoms with van der Waals surface area (Å²) in [5, 5.41) is 12.2. The fourth-order valence-electron chi connectivity index (χ4n) is 2.97. The maximum Gasteiger partial charge on any atom is 0.337 e. The number of aromatic nitrogens is 2. The number of carbonyl (C=O) groups is 1. The normalized spacial score (nSPS) is 10.9. The Balaban J connectivity index is 2.35. The number of carboxylic acid groups (broad SMARTS) is 1. The fraction of sp³-hybridized carbons (Fsp3) is 0.176. The third-order valence-electron chi connectivity index (χ3n) is 3.84. The van der Waals surface area contributed by atoms with Gasteiger partial charge in [-0.1, -0.05) is 17.7 Å². The Kier molecular flexibility index (Phi) is 3.44. The largest absolute Gasteiger partial charge is 0.478 e. The molecular formula is C17H15N3O3. The van der Waals surface area contributed by atoms with Gasteiger partial charge in [-0.3, -0.25) is 4.40 Å². The highest BCUT2D eigenvalue weighted by atomic mass is 16.4. The number of hydrogen-bond acceptors (Lipinski definition) is 4. The van der Waals surface area contributed by atoms with Crippen LogP contribution >= 0.6 is 0 Å². The zero-order valence-corrected chi connectivity index (χ0v) is 13.0. The second-order valence-corrected chi connectivity index (χ2v) is 5.60. The summed E-state index contributed by atoms with van der Waals surface area (Å²) in [6.07, 6.45) is 1.36. The van der Waals surface area contributed by atoms with E-state index in [1.807, 2.05) is 32.9 Å². The minimum absolute atomic E-state index is 0.0729. The second kappa shape index (κ2) is 5.31. The predicted molar refractivity (Wildman–Crippen MR) is 87.3 cm³/mol. The summed E-state index contributed by atoms with van der Waals surface area (Å²) in [5.41, 5.74) is 5.00. The summed E-state index contributed by atoms with van der Waals surface area (Å²) in [4.78, 5) is 27.0. The van der Waals surface area contributed by atoms with Crippen LogP contribution in [-0.2, 0) is 0 Å². The average Bonchev–Trinajstić information content (AvgIpc) is 2.83. The highest BCUT2D eigenvalue weighted by molar-refractivity contribution is 5.88. The van der Waals surface area contributed by atoms with Gasteiger partial charge < -0.3 is 5.11 Å². The first-order valence-corrected chi connectivity index (χ1v) is 7.09. The van der Waals surface area contributed by atoms with E-state index in [-0.39, 0.29) is 11.4 Å². The van der Waals surface area contributed by atoms with Crippen LogP contribution in [0.1, 0.15) is 27.0 Å². The number of carboxylic acids is 1. The summed E-state index contributed by atoms with van der Waals surface area (Å²) in [7, 11) is 0. The average molecular weight is 309 g/mol. The van der Waals surface area contributed by atoms with Crippen LogP contribution in [0, 0.1) is 25.7 Å². The monoisotopic (exact) mass is 309 g/mol. The molecule has 0 saturated heterocycles. The van der Waals surface area contributed by atoms with Crippen molar-refractivity contribution in [1.29, 1.82) is 0 Å². The number of benzene rings is 1. The third-order valence-corrected chi connectivity index (χ3v) is 3.84. The number of aromatic carboxylic acids is 1. The lowest BCUT2D eigenvalue weighted by molar-refractivity contribution is 0.0696. The first-order valence-electron chi connectivity index (χ1n) is 7.09. The van der Waals surface area contributed by atoms with Crippen LogP contribution in [0.15, 0.2) is 35.6 Å². The zero-order valence-electron chi connectivity index (χ0n) is 13.0. The van der Waals surface area contributed by atoms with Crippen molar-refractivity contribution in [2.45, 2.75) is 20.8 Å². The fourth-order valence-corrected chi connectivity index (χ4v) is 2.97. The van der Waals surface area contributed by atoms with Crippen molar-refractivity contribution in [3.05, 3.63) is 57.6 Å². The van der Waals surface area contributed by atoms with E-state index in [1.54, 1.807) is 6.07 Å². The van der Waals surface area contributed by atoms with E-state index < -0.39 is 5.97 Å². The van der Waals surface area contributed by atoms with Gasteiger partial charge >= 0.3 is 5.97 Å². The summed E-state index contributed by atoms with van der Waals surface area (Å²) in [6.45, 7) is 5.92. The van der Waals surface area contributed by atoms with E-state index in [0.29, 0.717) is 11.3 Å². The van der Waals surface area contributed by atoms with Gasteiger partial charge in [0.05, 0.1) is 5.56 Å². The summed E-state index contributed by atoms with van der Waals surface area (Å²) >= 11 is 0. The van der Waals surface area contributed by atoms with Gasteiger partial charge in [0.25, 0.3) is 0 Å². The van der Waals surface area contributed by atoms with E-state index in [1.165, 1.54) is 16.7 Å². The third kappa shape index (κ3) is 2.38. The van der Waals surface area contributed by atoms with Crippen molar-refractivity contribution >= 4 is 17.4 Å². The van der Waals surface area contributed by atoms with Crippen molar-refractivity contribution in [2.75, 3.05) is 0 Å². The van der Waals surface area contributed by atoms with Gasteiger partial charge in [-0.05, 0) is 49.2 Å². The van der Waals surface area contributed by atoms with E-state index in [2.05, 4.69) is 10.2 Å². The molecular weight excluding hydrogens is 294 g/mol. The van der Waals surface area contributed by atoms with E-state index >= 15 is 0 Å². The molecule has 6 heteroatoms. The number of aryl methyl sites for hydroxylation is 3. The van der Waals surface area contributed by atoms with Crippen LogP contribution in [-0.4, -0.2) is 20.5 Å². The number of rotatable bonds is 3. The molecule has 2 aromatic heterocycles. The molecule has 116 valence electrons. The first-order chi connectivity index (χ1) is 10.9. The summed E-state index contributed by atoms with van der Waals surface area (Å²) in [5.74, 6) is -0.958. The van der Waals surface area contributed by atoms with Crippen LogP contribution in [0.2, 0.25) is 0 Å². The summed E-state index contributed by atoms with van der Waals surface area (Å²) in [6, 6.07) is 7.06. The van der Waals surface area contributed by atoms with Gasteiger partial charge in [-0.2, -0.15) is 0 Å². The van der Waals surface area contributed by atoms with E-state index in [4.69, 9.17) is 5.11 Å². The number of nitroso groups, excluding NO2 is 1. The lowest BCUT2D eigenvalue weighted by Gasteiger charge is -2.09. The maximum absolute atomic E-state index is 11.4. The number of imidazole rings is 1. The maximum atomic E-state index is 11.4. The molecule has 1 N–H and O–H groups in total. The molecule has 0 atom stereocenters.